The number of halogens is 2. The van der Waals surface area contributed by atoms with E-state index in [1.807, 2.05) is 0 Å². The van der Waals surface area contributed by atoms with Gasteiger partial charge in [-0.3, -0.25) is 0 Å². The number of carbonyl (C=O) groups is 1. The number of carbonyl (C=O) groups excluding carboxylic acids is 1. The van der Waals surface area contributed by atoms with Crippen molar-refractivity contribution in [2.75, 3.05) is 7.11 Å². The molecule has 0 unspecified atom stereocenters. The zero-order valence-corrected chi connectivity index (χ0v) is 13.7. The number of rotatable bonds is 3. The fourth-order valence-corrected chi connectivity index (χ4v) is 2.75. The van der Waals surface area contributed by atoms with Gasteiger partial charge in [0, 0.05) is 15.7 Å². The standard InChI is InChI=1S/C12H14Cl2O5S/c1-12(2,3)19-11(15)8-5-7(13)6-9(10(8)18-4)20(14,16)17/h5-6H,1-4H3. The van der Waals surface area contributed by atoms with Gasteiger partial charge >= 0.3 is 5.97 Å². The lowest BCUT2D eigenvalue weighted by atomic mass is 10.1. The Kier molecular flexibility index (Phi) is 4.94. The largest absolute Gasteiger partial charge is 0.494 e. The number of hydrogen-bond acceptors (Lipinski definition) is 5. The van der Waals surface area contributed by atoms with Crippen LogP contribution in [0.5, 0.6) is 5.75 Å². The van der Waals surface area contributed by atoms with Crippen LogP contribution in [-0.4, -0.2) is 27.1 Å². The van der Waals surface area contributed by atoms with Gasteiger partial charge in [0.15, 0.2) is 5.75 Å². The minimum atomic E-state index is -4.11. The molecule has 1 rings (SSSR count). The highest BCUT2D eigenvalue weighted by Crippen LogP contribution is 2.34. The van der Waals surface area contributed by atoms with Crippen molar-refractivity contribution in [1.29, 1.82) is 0 Å². The molecule has 0 bridgehead atoms. The van der Waals surface area contributed by atoms with Gasteiger partial charge in [-0.25, -0.2) is 13.2 Å². The van der Waals surface area contributed by atoms with E-state index in [1.54, 1.807) is 20.8 Å². The topological polar surface area (TPSA) is 69.7 Å². The third-order valence-corrected chi connectivity index (χ3v) is 3.65. The molecule has 5 nitrogen and oxygen atoms in total. The summed E-state index contributed by atoms with van der Waals surface area (Å²) in [5.74, 6) is -0.947. The van der Waals surface area contributed by atoms with Gasteiger partial charge in [0.1, 0.15) is 16.1 Å². The number of methoxy groups -OCH3 is 1. The molecule has 0 aliphatic carbocycles. The van der Waals surface area contributed by atoms with E-state index >= 15 is 0 Å². The Morgan fingerprint density at radius 2 is 1.80 bits per heavy atom. The Morgan fingerprint density at radius 3 is 2.20 bits per heavy atom. The molecule has 0 spiro atoms. The maximum Gasteiger partial charge on any atom is 0.342 e. The maximum atomic E-state index is 12.1. The molecule has 0 amide bonds. The molecule has 8 heteroatoms. The second-order valence-electron chi connectivity index (χ2n) is 4.92. The van der Waals surface area contributed by atoms with E-state index in [2.05, 4.69) is 0 Å². The molecule has 0 aromatic heterocycles. The maximum absolute atomic E-state index is 12.1. The van der Waals surface area contributed by atoms with Crippen molar-refractivity contribution in [3.63, 3.8) is 0 Å². The van der Waals surface area contributed by atoms with Crippen LogP contribution in [0.15, 0.2) is 17.0 Å². The van der Waals surface area contributed by atoms with E-state index < -0.39 is 20.6 Å². The smallest absolute Gasteiger partial charge is 0.342 e. The first kappa shape index (κ1) is 17.1. The fourth-order valence-electron chi connectivity index (χ4n) is 1.44. The van der Waals surface area contributed by atoms with Crippen LogP contribution in [-0.2, 0) is 13.8 Å². The van der Waals surface area contributed by atoms with E-state index in [4.69, 9.17) is 31.8 Å². The molecular weight excluding hydrogens is 327 g/mol. The summed E-state index contributed by atoms with van der Waals surface area (Å²) in [5.41, 5.74) is -0.848. The van der Waals surface area contributed by atoms with Crippen LogP contribution in [0.1, 0.15) is 31.1 Å². The fraction of sp³-hybridized carbons (Fsp3) is 0.417. The summed E-state index contributed by atoms with van der Waals surface area (Å²) in [5, 5.41) is 0.0332. The van der Waals surface area contributed by atoms with Crippen molar-refractivity contribution in [2.24, 2.45) is 0 Å². The average Bonchev–Trinajstić information content (AvgIpc) is 2.24. The zero-order valence-electron chi connectivity index (χ0n) is 11.4. The molecule has 0 saturated carbocycles. The number of benzene rings is 1. The van der Waals surface area contributed by atoms with E-state index in [9.17, 15) is 13.2 Å². The summed E-state index contributed by atoms with van der Waals surface area (Å²) in [6, 6.07) is 2.37. The van der Waals surface area contributed by atoms with Crippen LogP contribution >= 0.6 is 22.3 Å². The summed E-state index contributed by atoms with van der Waals surface area (Å²) in [4.78, 5) is 11.7. The third kappa shape index (κ3) is 4.26. The zero-order chi connectivity index (χ0) is 15.7. The summed E-state index contributed by atoms with van der Waals surface area (Å²) in [7, 11) is 2.42. The van der Waals surface area contributed by atoms with Crippen LogP contribution in [0.4, 0.5) is 0 Å². The predicted molar refractivity (Wildman–Crippen MR) is 76.2 cm³/mol. The Morgan fingerprint density at radius 1 is 1.25 bits per heavy atom. The van der Waals surface area contributed by atoms with Gasteiger partial charge in [-0.2, -0.15) is 0 Å². The number of ether oxygens (including phenoxy) is 2. The first-order chi connectivity index (χ1) is 8.95. The van der Waals surface area contributed by atoms with Crippen molar-refractivity contribution >= 4 is 37.3 Å². The summed E-state index contributed by atoms with van der Waals surface area (Å²) in [6.45, 7) is 5.05. The van der Waals surface area contributed by atoms with Crippen molar-refractivity contribution in [3.8, 4) is 5.75 Å². The van der Waals surface area contributed by atoms with Gasteiger partial charge in [-0.15, -0.1) is 0 Å². The van der Waals surface area contributed by atoms with Crippen LogP contribution in [0.2, 0.25) is 5.02 Å². The highest BCUT2D eigenvalue weighted by Gasteiger charge is 2.27. The van der Waals surface area contributed by atoms with E-state index in [0.29, 0.717) is 0 Å². The van der Waals surface area contributed by atoms with Crippen molar-refractivity contribution in [1.82, 2.24) is 0 Å². The molecule has 0 aliphatic heterocycles. The molecule has 0 radical (unpaired) electrons. The minimum Gasteiger partial charge on any atom is -0.494 e. The molecule has 112 valence electrons. The Bertz CT molecular complexity index is 632. The molecule has 0 N–H and O–H groups in total. The average molecular weight is 341 g/mol. The monoisotopic (exact) mass is 340 g/mol. The molecule has 0 heterocycles. The summed E-state index contributed by atoms with van der Waals surface area (Å²) < 4.78 is 33.1. The van der Waals surface area contributed by atoms with Gasteiger partial charge in [0.25, 0.3) is 9.05 Å². The molecule has 0 saturated heterocycles. The first-order valence-electron chi connectivity index (χ1n) is 5.51. The second kappa shape index (κ2) is 5.79. The highest BCUT2D eigenvalue weighted by atomic mass is 35.7. The first-order valence-corrected chi connectivity index (χ1v) is 8.20. The van der Waals surface area contributed by atoms with Gasteiger partial charge < -0.3 is 9.47 Å². The lowest BCUT2D eigenvalue weighted by Crippen LogP contribution is -2.24. The number of esters is 1. The quantitative estimate of drug-likeness (QED) is 0.624. The predicted octanol–water partition coefficient (Wildman–Crippen LogP) is 3.23. The van der Waals surface area contributed by atoms with Gasteiger partial charge in [-0.05, 0) is 32.9 Å². The normalized spacial score (nSPS) is 12.1. The number of hydrogen-bond donors (Lipinski definition) is 0. The Balaban J connectivity index is 3.48. The van der Waals surface area contributed by atoms with Crippen molar-refractivity contribution < 1.29 is 22.7 Å². The molecule has 0 atom stereocenters. The van der Waals surface area contributed by atoms with E-state index in [-0.39, 0.29) is 21.2 Å². The summed E-state index contributed by atoms with van der Waals surface area (Å²) in [6.07, 6.45) is 0. The van der Waals surface area contributed by atoms with Gasteiger partial charge in [0.2, 0.25) is 0 Å². The van der Waals surface area contributed by atoms with Gasteiger partial charge in [0.05, 0.1) is 7.11 Å². The molecular formula is C12H14Cl2O5S. The summed E-state index contributed by atoms with van der Waals surface area (Å²) >= 11 is 5.81. The van der Waals surface area contributed by atoms with Crippen LogP contribution in [0, 0.1) is 0 Å². The molecule has 0 fully saturated rings. The highest BCUT2D eigenvalue weighted by molar-refractivity contribution is 8.13. The van der Waals surface area contributed by atoms with E-state index in [0.717, 1.165) is 6.07 Å². The lowest BCUT2D eigenvalue weighted by molar-refractivity contribution is 0.00660. The van der Waals surface area contributed by atoms with Gasteiger partial charge in [-0.1, -0.05) is 11.6 Å². The Hall–Kier alpha value is -0.980. The molecule has 20 heavy (non-hydrogen) atoms. The van der Waals surface area contributed by atoms with E-state index in [1.165, 1.54) is 13.2 Å². The van der Waals surface area contributed by atoms with Crippen molar-refractivity contribution in [2.45, 2.75) is 31.3 Å². The minimum absolute atomic E-state index is 0.0332. The van der Waals surface area contributed by atoms with Crippen LogP contribution in [0.25, 0.3) is 0 Å². The van der Waals surface area contributed by atoms with Crippen LogP contribution < -0.4 is 4.74 Å². The third-order valence-electron chi connectivity index (χ3n) is 2.11. The lowest BCUT2D eigenvalue weighted by Gasteiger charge is -2.21. The van der Waals surface area contributed by atoms with Crippen molar-refractivity contribution in [3.05, 3.63) is 22.7 Å². The second-order valence-corrected chi connectivity index (χ2v) is 7.90. The van der Waals surface area contributed by atoms with Crippen LogP contribution in [0.3, 0.4) is 0 Å². The molecule has 1 aromatic rings. The molecule has 0 aliphatic rings. The molecule has 1 aromatic carbocycles. The Labute approximate surface area is 127 Å². The SMILES string of the molecule is COc1c(C(=O)OC(C)(C)C)cc(Cl)cc1S(=O)(=O)Cl.